The molecule has 1 aromatic rings. The second-order valence-electron chi connectivity index (χ2n) is 4.29. The summed E-state index contributed by atoms with van der Waals surface area (Å²) in [7, 11) is 0. The molecule has 0 N–H and O–H groups in total. The fraction of sp³-hybridized carbons (Fsp3) is 0.636. The number of hydrogen-bond donors (Lipinski definition) is 0. The maximum Gasteiger partial charge on any atom is 0.267 e. The highest BCUT2D eigenvalue weighted by molar-refractivity contribution is 8.00. The van der Waals surface area contributed by atoms with E-state index < -0.39 is 0 Å². The third-order valence-corrected chi connectivity index (χ3v) is 5.40. The number of nitriles is 1. The van der Waals surface area contributed by atoms with Gasteiger partial charge in [0.1, 0.15) is 9.62 Å². The number of piperidine rings is 1. The van der Waals surface area contributed by atoms with Gasteiger partial charge in [-0.1, -0.05) is 4.49 Å². The van der Waals surface area contributed by atoms with Gasteiger partial charge in [0.05, 0.1) is 11.8 Å². The largest absolute Gasteiger partial charge is 0.338 e. The van der Waals surface area contributed by atoms with E-state index in [0.29, 0.717) is 23.7 Å². The molecule has 1 aliphatic heterocycles. The number of aryl methyl sites for hydroxylation is 1. The molecular formula is C11H14N4OS2. The van der Waals surface area contributed by atoms with Crippen LogP contribution >= 0.6 is 23.3 Å². The van der Waals surface area contributed by atoms with E-state index in [2.05, 4.69) is 15.7 Å². The van der Waals surface area contributed by atoms with Gasteiger partial charge in [0.2, 0.25) is 0 Å². The fourth-order valence-corrected chi connectivity index (χ4v) is 3.31. The molecule has 0 atom stereocenters. The average Bonchev–Trinajstić information content (AvgIpc) is 2.84. The second-order valence-corrected chi connectivity index (χ2v) is 6.23. The van der Waals surface area contributed by atoms with E-state index in [9.17, 15) is 10.1 Å². The van der Waals surface area contributed by atoms with Crippen LogP contribution in [0.4, 0.5) is 0 Å². The summed E-state index contributed by atoms with van der Waals surface area (Å²) in [5, 5.41) is 13.1. The van der Waals surface area contributed by atoms with Crippen molar-refractivity contribution in [1.82, 2.24) is 14.5 Å². The lowest BCUT2D eigenvalue weighted by atomic mass is 9.97. The summed E-state index contributed by atoms with van der Waals surface area (Å²) in [4.78, 5) is 14.7. The minimum absolute atomic E-state index is 0.00450. The molecule has 0 saturated carbocycles. The Balaban J connectivity index is 2.05. The summed E-state index contributed by atoms with van der Waals surface area (Å²) in [6.07, 6.45) is 3.40. The van der Waals surface area contributed by atoms with E-state index in [1.807, 2.05) is 6.26 Å². The van der Waals surface area contributed by atoms with Crippen molar-refractivity contribution in [2.45, 2.75) is 24.5 Å². The lowest BCUT2D eigenvalue weighted by Crippen LogP contribution is -2.44. The Hall–Kier alpha value is -1.13. The smallest absolute Gasteiger partial charge is 0.267 e. The molecule has 2 rings (SSSR count). The van der Waals surface area contributed by atoms with E-state index in [-0.39, 0.29) is 10.7 Å². The zero-order valence-electron chi connectivity index (χ0n) is 10.3. The van der Waals surface area contributed by atoms with Gasteiger partial charge in [-0.05, 0) is 37.6 Å². The van der Waals surface area contributed by atoms with Crippen LogP contribution in [-0.2, 0) is 0 Å². The molecule has 1 fully saturated rings. The molecule has 1 amide bonds. The van der Waals surface area contributed by atoms with Gasteiger partial charge < -0.3 is 4.90 Å². The number of carbonyl (C=O) groups excluding carboxylic acids is 1. The number of likely N-dealkylation sites (tertiary alicyclic amines) is 1. The van der Waals surface area contributed by atoms with Gasteiger partial charge in [0.15, 0.2) is 0 Å². The van der Waals surface area contributed by atoms with Crippen LogP contribution in [0.3, 0.4) is 0 Å². The molecule has 1 aromatic heterocycles. The van der Waals surface area contributed by atoms with Crippen LogP contribution in [0, 0.1) is 18.3 Å². The van der Waals surface area contributed by atoms with Crippen molar-refractivity contribution in [1.29, 1.82) is 5.26 Å². The van der Waals surface area contributed by atoms with E-state index >= 15 is 0 Å². The van der Waals surface area contributed by atoms with Crippen molar-refractivity contribution in [3.63, 3.8) is 0 Å². The number of hydrogen-bond acceptors (Lipinski definition) is 6. The molecule has 1 saturated heterocycles. The molecular weight excluding hydrogens is 268 g/mol. The Morgan fingerprint density at radius 2 is 2.22 bits per heavy atom. The Bertz CT molecular complexity index is 485. The molecule has 18 heavy (non-hydrogen) atoms. The van der Waals surface area contributed by atoms with Crippen molar-refractivity contribution in [3.05, 3.63) is 10.6 Å². The van der Waals surface area contributed by atoms with Crippen LogP contribution in [0.5, 0.6) is 0 Å². The summed E-state index contributed by atoms with van der Waals surface area (Å²) >= 11 is 2.73. The summed E-state index contributed by atoms with van der Waals surface area (Å²) < 4.78 is 3.46. The zero-order chi connectivity index (χ0) is 13.2. The number of amides is 1. The van der Waals surface area contributed by atoms with E-state index in [0.717, 1.165) is 24.4 Å². The van der Waals surface area contributed by atoms with Crippen LogP contribution in [0.2, 0.25) is 0 Å². The minimum atomic E-state index is -0.322. The van der Waals surface area contributed by atoms with Crippen molar-refractivity contribution < 1.29 is 4.79 Å². The van der Waals surface area contributed by atoms with Gasteiger partial charge in [-0.2, -0.15) is 5.26 Å². The van der Waals surface area contributed by atoms with E-state index in [1.54, 1.807) is 23.6 Å². The van der Waals surface area contributed by atoms with Gasteiger partial charge in [-0.25, -0.2) is 0 Å². The number of rotatable bonds is 2. The van der Waals surface area contributed by atoms with E-state index in [1.165, 1.54) is 0 Å². The Labute approximate surface area is 114 Å². The van der Waals surface area contributed by atoms with E-state index in [4.69, 9.17) is 0 Å². The first-order valence-electron chi connectivity index (χ1n) is 5.66. The fourth-order valence-electron chi connectivity index (χ4n) is 2.00. The molecule has 0 radical (unpaired) electrons. The molecule has 5 nitrogen and oxygen atoms in total. The predicted octanol–water partition coefficient (Wildman–Crippen LogP) is 1.71. The zero-order valence-corrected chi connectivity index (χ0v) is 12.0. The number of aromatic nitrogens is 2. The first kappa shape index (κ1) is 13.3. The molecule has 0 unspecified atom stereocenters. The summed E-state index contributed by atoms with van der Waals surface area (Å²) in [6, 6.07) is 2.38. The maximum absolute atomic E-state index is 12.2. The van der Waals surface area contributed by atoms with Crippen molar-refractivity contribution in [2.75, 3.05) is 19.3 Å². The maximum atomic E-state index is 12.2. The monoisotopic (exact) mass is 282 g/mol. The van der Waals surface area contributed by atoms with Crippen LogP contribution in [0.25, 0.3) is 0 Å². The quantitative estimate of drug-likeness (QED) is 0.826. The van der Waals surface area contributed by atoms with Gasteiger partial charge >= 0.3 is 0 Å². The number of carbonyl (C=O) groups is 1. The Morgan fingerprint density at radius 1 is 1.56 bits per heavy atom. The van der Waals surface area contributed by atoms with Gasteiger partial charge in [0, 0.05) is 13.1 Å². The van der Waals surface area contributed by atoms with Gasteiger partial charge in [-0.3, -0.25) is 4.79 Å². The number of nitrogens with zero attached hydrogens (tertiary/aromatic N) is 4. The second kappa shape index (κ2) is 5.24. The lowest BCUT2D eigenvalue weighted by molar-refractivity contribution is 0.0720. The highest BCUT2D eigenvalue weighted by Gasteiger charge is 2.36. The molecule has 0 spiro atoms. The minimum Gasteiger partial charge on any atom is -0.338 e. The van der Waals surface area contributed by atoms with Crippen LogP contribution in [0.1, 0.15) is 28.2 Å². The van der Waals surface area contributed by atoms with Crippen LogP contribution in [-0.4, -0.2) is 44.5 Å². The van der Waals surface area contributed by atoms with Crippen molar-refractivity contribution >= 4 is 29.2 Å². The summed E-state index contributed by atoms with van der Waals surface area (Å²) in [6.45, 7) is 3.05. The Kier molecular flexibility index (Phi) is 3.88. The SMILES string of the molecule is CSC1(C#N)CCN(C(=O)c2snnc2C)CC1. The molecule has 0 bridgehead atoms. The normalized spacial score (nSPS) is 18.4. The first-order valence-corrected chi connectivity index (χ1v) is 7.66. The van der Waals surface area contributed by atoms with Gasteiger partial charge in [0.25, 0.3) is 5.91 Å². The predicted molar refractivity (Wildman–Crippen MR) is 71.6 cm³/mol. The standard InChI is InChI=1S/C11H14N4OS2/c1-8-9(18-14-13-8)10(16)15-5-3-11(7-12,17-2)4-6-15/h3-6H2,1-2H3. The molecule has 2 heterocycles. The average molecular weight is 282 g/mol. The third-order valence-electron chi connectivity index (χ3n) is 3.30. The molecule has 0 aliphatic carbocycles. The highest BCUT2D eigenvalue weighted by Crippen LogP contribution is 2.34. The lowest BCUT2D eigenvalue weighted by Gasteiger charge is -2.35. The van der Waals surface area contributed by atoms with Crippen LogP contribution in [0.15, 0.2) is 0 Å². The highest BCUT2D eigenvalue weighted by atomic mass is 32.2. The molecule has 0 aromatic carbocycles. The van der Waals surface area contributed by atoms with Crippen molar-refractivity contribution in [3.8, 4) is 6.07 Å². The van der Waals surface area contributed by atoms with Gasteiger partial charge in [-0.15, -0.1) is 16.9 Å². The summed E-state index contributed by atoms with van der Waals surface area (Å²) in [5.41, 5.74) is 0.687. The topological polar surface area (TPSA) is 69.9 Å². The van der Waals surface area contributed by atoms with Crippen LogP contribution < -0.4 is 0 Å². The molecule has 1 aliphatic rings. The molecule has 7 heteroatoms. The Morgan fingerprint density at radius 3 is 2.67 bits per heavy atom. The number of thioether (sulfide) groups is 1. The van der Waals surface area contributed by atoms with Crippen molar-refractivity contribution in [2.24, 2.45) is 0 Å². The molecule has 96 valence electrons. The third kappa shape index (κ3) is 2.35. The first-order chi connectivity index (χ1) is 8.62. The summed E-state index contributed by atoms with van der Waals surface area (Å²) in [5.74, 6) is -0.00450.